The number of nitrogens with one attached hydrogen (secondary N) is 1. The predicted octanol–water partition coefficient (Wildman–Crippen LogP) is 5.66. The number of hydrogen-bond acceptors (Lipinski definition) is 6. The van der Waals surface area contributed by atoms with Crippen molar-refractivity contribution >= 4 is 40.6 Å². The first kappa shape index (κ1) is 21.2. The first-order chi connectivity index (χ1) is 15.0. The quantitative estimate of drug-likeness (QED) is 0.292. The first-order valence-electron chi connectivity index (χ1n) is 9.31. The van der Waals surface area contributed by atoms with Crippen LogP contribution in [0, 0.1) is 10.1 Å². The Morgan fingerprint density at radius 3 is 2.71 bits per heavy atom. The standard InChI is InChI=1S/C22H17ClN2O5S/c23-17-7-5-14(6-8-17)22(26)24-19-3-1-2-4-20(19)31-12-16-10-18(25(27)28)9-15-11-29-13-30-21(15)16/h1-10H,11-13H2,(H,24,26). The first-order valence-corrected chi connectivity index (χ1v) is 10.7. The molecule has 0 radical (unpaired) electrons. The zero-order valence-corrected chi connectivity index (χ0v) is 17.7. The Labute approximate surface area is 187 Å². The zero-order valence-electron chi connectivity index (χ0n) is 16.2. The second kappa shape index (κ2) is 9.38. The number of thioether (sulfide) groups is 1. The fourth-order valence-corrected chi connectivity index (χ4v) is 4.24. The number of carbonyl (C=O) groups is 1. The van der Waals surface area contributed by atoms with Crippen LogP contribution in [-0.4, -0.2) is 17.6 Å². The number of amides is 1. The van der Waals surface area contributed by atoms with Gasteiger partial charge in [-0.2, -0.15) is 0 Å². The fourth-order valence-electron chi connectivity index (χ4n) is 3.14. The van der Waals surface area contributed by atoms with Crippen LogP contribution in [0.1, 0.15) is 21.5 Å². The molecule has 0 saturated heterocycles. The highest BCUT2D eigenvalue weighted by Crippen LogP contribution is 2.38. The molecule has 1 aliphatic heterocycles. The van der Waals surface area contributed by atoms with Gasteiger partial charge in [0.15, 0.2) is 6.79 Å². The third-order valence-electron chi connectivity index (χ3n) is 4.61. The van der Waals surface area contributed by atoms with E-state index in [0.717, 1.165) is 4.90 Å². The predicted molar refractivity (Wildman–Crippen MR) is 119 cm³/mol. The molecule has 31 heavy (non-hydrogen) atoms. The Morgan fingerprint density at radius 1 is 1.16 bits per heavy atom. The monoisotopic (exact) mass is 456 g/mol. The highest BCUT2D eigenvalue weighted by Gasteiger charge is 2.21. The molecule has 7 nitrogen and oxygen atoms in total. The van der Waals surface area contributed by atoms with E-state index in [1.807, 2.05) is 24.3 Å². The van der Waals surface area contributed by atoms with Crippen molar-refractivity contribution in [2.24, 2.45) is 0 Å². The Hall–Kier alpha value is -3.07. The summed E-state index contributed by atoms with van der Waals surface area (Å²) < 4.78 is 10.9. The second-order valence-electron chi connectivity index (χ2n) is 6.71. The van der Waals surface area contributed by atoms with Crippen LogP contribution in [0.3, 0.4) is 0 Å². The van der Waals surface area contributed by atoms with E-state index in [2.05, 4.69) is 5.32 Å². The Bertz CT molecular complexity index is 1140. The highest BCUT2D eigenvalue weighted by atomic mass is 35.5. The Morgan fingerprint density at radius 2 is 1.94 bits per heavy atom. The molecule has 0 saturated carbocycles. The van der Waals surface area contributed by atoms with Crippen molar-refractivity contribution < 1.29 is 19.2 Å². The van der Waals surface area contributed by atoms with E-state index in [4.69, 9.17) is 21.1 Å². The summed E-state index contributed by atoms with van der Waals surface area (Å²) in [5, 5.41) is 14.8. The van der Waals surface area contributed by atoms with Gasteiger partial charge in [0, 0.05) is 44.5 Å². The van der Waals surface area contributed by atoms with Crippen LogP contribution < -0.4 is 10.1 Å². The van der Waals surface area contributed by atoms with Crippen LogP contribution in [0.25, 0.3) is 0 Å². The summed E-state index contributed by atoms with van der Waals surface area (Å²) in [7, 11) is 0. The number of nitrogens with zero attached hydrogens (tertiary/aromatic N) is 1. The molecule has 0 fully saturated rings. The number of hydrogen-bond donors (Lipinski definition) is 1. The molecule has 0 aliphatic carbocycles. The van der Waals surface area contributed by atoms with E-state index in [0.29, 0.717) is 38.9 Å². The number of benzene rings is 3. The maximum Gasteiger partial charge on any atom is 0.270 e. The van der Waals surface area contributed by atoms with Gasteiger partial charge in [0.1, 0.15) is 5.75 Å². The number of nitro groups is 1. The van der Waals surface area contributed by atoms with Crippen LogP contribution in [0.15, 0.2) is 65.6 Å². The van der Waals surface area contributed by atoms with Gasteiger partial charge in [-0.3, -0.25) is 14.9 Å². The van der Waals surface area contributed by atoms with Crippen molar-refractivity contribution in [1.29, 1.82) is 0 Å². The molecule has 1 amide bonds. The molecule has 0 unspecified atom stereocenters. The smallest absolute Gasteiger partial charge is 0.270 e. The summed E-state index contributed by atoms with van der Waals surface area (Å²) in [6, 6.07) is 17.0. The van der Waals surface area contributed by atoms with Crippen LogP contribution in [0.2, 0.25) is 5.02 Å². The fraction of sp³-hybridized carbons (Fsp3) is 0.136. The number of non-ortho nitro benzene ring substituents is 1. The maximum atomic E-state index is 12.6. The molecular weight excluding hydrogens is 440 g/mol. The van der Waals surface area contributed by atoms with E-state index >= 15 is 0 Å². The van der Waals surface area contributed by atoms with E-state index < -0.39 is 4.92 Å². The lowest BCUT2D eigenvalue weighted by atomic mass is 10.1. The molecule has 4 rings (SSSR count). The van der Waals surface area contributed by atoms with Crippen molar-refractivity contribution in [2.45, 2.75) is 17.3 Å². The lowest BCUT2D eigenvalue weighted by molar-refractivity contribution is -0.385. The van der Waals surface area contributed by atoms with Crippen molar-refractivity contribution in [1.82, 2.24) is 0 Å². The molecule has 1 aliphatic rings. The van der Waals surface area contributed by atoms with Crippen molar-refractivity contribution in [3.63, 3.8) is 0 Å². The van der Waals surface area contributed by atoms with Gasteiger partial charge in [0.2, 0.25) is 0 Å². The summed E-state index contributed by atoms with van der Waals surface area (Å²) >= 11 is 7.34. The SMILES string of the molecule is O=C(Nc1ccccc1SCc1cc([N+](=O)[O-])cc2c1OCOC2)c1ccc(Cl)cc1. The van der Waals surface area contributed by atoms with Gasteiger partial charge >= 0.3 is 0 Å². The van der Waals surface area contributed by atoms with Gasteiger partial charge in [-0.25, -0.2) is 0 Å². The third-order valence-corrected chi connectivity index (χ3v) is 5.98. The largest absolute Gasteiger partial charge is 0.467 e. The van der Waals surface area contributed by atoms with Gasteiger partial charge < -0.3 is 14.8 Å². The van der Waals surface area contributed by atoms with Crippen LogP contribution in [-0.2, 0) is 17.1 Å². The number of rotatable bonds is 6. The average molecular weight is 457 g/mol. The van der Waals surface area contributed by atoms with E-state index in [1.54, 1.807) is 24.3 Å². The molecule has 9 heteroatoms. The molecule has 1 heterocycles. The third kappa shape index (κ3) is 4.99. The van der Waals surface area contributed by atoms with Crippen molar-refractivity contribution in [2.75, 3.05) is 12.1 Å². The topological polar surface area (TPSA) is 90.7 Å². The lowest BCUT2D eigenvalue weighted by Gasteiger charge is -2.20. The van der Waals surface area contributed by atoms with Crippen LogP contribution in [0.4, 0.5) is 11.4 Å². The number of nitro benzene ring substituents is 1. The molecular formula is C22H17ClN2O5S. The number of anilines is 1. The Balaban J connectivity index is 1.55. The van der Waals surface area contributed by atoms with Gasteiger partial charge in [0.05, 0.1) is 17.2 Å². The minimum absolute atomic E-state index is 0.00669. The zero-order chi connectivity index (χ0) is 21.8. The minimum Gasteiger partial charge on any atom is -0.467 e. The van der Waals surface area contributed by atoms with Crippen LogP contribution >= 0.6 is 23.4 Å². The molecule has 0 atom stereocenters. The second-order valence-corrected chi connectivity index (χ2v) is 8.16. The molecule has 0 aromatic heterocycles. The highest BCUT2D eigenvalue weighted by molar-refractivity contribution is 7.98. The van der Waals surface area contributed by atoms with Gasteiger partial charge in [-0.15, -0.1) is 11.8 Å². The van der Waals surface area contributed by atoms with Crippen molar-refractivity contribution in [3.05, 3.63) is 92.5 Å². The number of para-hydroxylation sites is 1. The molecule has 3 aromatic rings. The molecule has 158 valence electrons. The Kier molecular flexibility index (Phi) is 6.41. The summed E-state index contributed by atoms with van der Waals surface area (Å²) in [4.78, 5) is 24.3. The van der Waals surface area contributed by atoms with Gasteiger partial charge in [-0.1, -0.05) is 23.7 Å². The summed E-state index contributed by atoms with van der Waals surface area (Å²) in [6.07, 6.45) is 0. The number of carbonyl (C=O) groups excluding carboxylic acids is 1. The van der Waals surface area contributed by atoms with E-state index in [1.165, 1.54) is 23.9 Å². The number of halogens is 1. The van der Waals surface area contributed by atoms with Crippen molar-refractivity contribution in [3.8, 4) is 5.75 Å². The summed E-state index contributed by atoms with van der Waals surface area (Å²) in [6.45, 7) is 0.374. The summed E-state index contributed by atoms with van der Waals surface area (Å²) in [5.41, 5.74) is 2.49. The molecule has 1 N–H and O–H groups in total. The van der Waals surface area contributed by atoms with E-state index in [9.17, 15) is 14.9 Å². The number of ether oxygens (including phenoxy) is 2. The molecule has 3 aromatic carbocycles. The average Bonchev–Trinajstić information content (AvgIpc) is 2.78. The number of fused-ring (bicyclic) bond motifs is 1. The normalized spacial score (nSPS) is 12.5. The molecule has 0 spiro atoms. The minimum atomic E-state index is -0.427. The summed E-state index contributed by atoms with van der Waals surface area (Å²) in [5.74, 6) is 0.794. The molecule has 0 bridgehead atoms. The van der Waals surface area contributed by atoms with E-state index in [-0.39, 0.29) is 25.0 Å². The van der Waals surface area contributed by atoms with Gasteiger partial charge in [0.25, 0.3) is 11.6 Å². The lowest BCUT2D eigenvalue weighted by Crippen LogP contribution is -2.13. The maximum absolute atomic E-state index is 12.6. The van der Waals surface area contributed by atoms with Gasteiger partial charge in [-0.05, 0) is 36.4 Å². The van der Waals surface area contributed by atoms with Crippen LogP contribution in [0.5, 0.6) is 5.75 Å².